The first kappa shape index (κ1) is 17.6. The lowest BCUT2D eigenvalue weighted by Gasteiger charge is -2.13. The van der Waals surface area contributed by atoms with Crippen molar-refractivity contribution in [3.8, 4) is 6.07 Å². The van der Waals surface area contributed by atoms with Crippen molar-refractivity contribution in [2.75, 3.05) is 6.54 Å². The molecule has 0 aromatic carbocycles. The van der Waals surface area contributed by atoms with Crippen LogP contribution in [0.25, 0.3) is 0 Å². The number of nitrogens with zero attached hydrogens (tertiary/aromatic N) is 1. The molecule has 0 aliphatic carbocycles. The molecule has 116 valence electrons. The maximum Gasteiger partial charge on any atom is 0.303 e. The normalized spacial score (nSPS) is 12.8. The van der Waals surface area contributed by atoms with Crippen molar-refractivity contribution in [1.29, 1.82) is 5.26 Å². The Morgan fingerprint density at radius 2 is 2.19 bits per heavy atom. The molecule has 1 aromatic rings. The lowest BCUT2D eigenvalue weighted by Crippen LogP contribution is -2.25. The molecule has 0 aliphatic heterocycles. The van der Waals surface area contributed by atoms with Gasteiger partial charge in [-0.1, -0.05) is 13.3 Å². The van der Waals surface area contributed by atoms with E-state index in [4.69, 9.17) is 10.4 Å². The second-order valence-electron chi connectivity index (χ2n) is 4.62. The number of rotatable bonds is 9. The minimum absolute atomic E-state index is 0.0989. The molecule has 0 bridgehead atoms. The van der Waals surface area contributed by atoms with Crippen LogP contribution in [0.4, 0.5) is 0 Å². The fourth-order valence-electron chi connectivity index (χ4n) is 1.87. The summed E-state index contributed by atoms with van der Waals surface area (Å²) in [6.07, 6.45) is 2.05. The molecule has 6 nitrogen and oxygen atoms in total. The van der Waals surface area contributed by atoms with Crippen LogP contribution in [-0.2, 0) is 14.8 Å². The van der Waals surface area contributed by atoms with E-state index in [0.29, 0.717) is 17.7 Å². The molecule has 1 aromatic heterocycles. The highest BCUT2D eigenvalue weighted by Crippen LogP contribution is 2.21. The van der Waals surface area contributed by atoms with E-state index in [1.165, 1.54) is 12.1 Å². The van der Waals surface area contributed by atoms with Crippen molar-refractivity contribution >= 4 is 27.3 Å². The lowest BCUT2D eigenvalue weighted by atomic mass is 9.97. The largest absolute Gasteiger partial charge is 0.481 e. The first-order chi connectivity index (χ1) is 9.89. The van der Waals surface area contributed by atoms with E-state index in [2.05, 4.69) is 4.72 Å². The summed E-state index contributed by atoms with van der Waals surface area (Å²) in [7, 11) is -3.58. The predicted octanol–water partition coefficient (Wildman–Crippen LogP) is 2.18. The topological polar surface area (TPSA) is 107 Å². The first-order valence-corrected chi connectivity index (χ1v) is 8.90. The highest BCUT2D eigenvalue weighted by atomic mass is 32.2. The highest BCUT2D eigenvalue weighted by molar-refractivity contribution is 7.91. The molecule has 21 heavy (non-hydrogen) atoms. The molecule has 0 saturated heterocycles. The van der Waals surface area contributed by atoms with Crippen LogP contribution in [0.1, 0.15) is 37.5 Å². The zero-order chi connectivity index (χ0) is 15.9. The van der Waals surface area contributed by atoms with Crippen LogP contribution >= 0.6 is 11.3 Å². The van der Waals surface area contributed by atoms with Crippen LogP contribution in [0.15, 0.2) is 16.3 Å². The Hall–Kier alpha value is -1.43. The maximum absolute atomic E-state index is 12.0. The van der Waals surface area contributed by atoms with Crippen molar-refractivity contribution < 1.29 is 18.3 Å². The van der Waals surface area contributed by atoms with Gasteiger partial charge in [0, 0.05) is 13.0 Å². The summed E-state index contributed by atoms with van der Waals surface area (Å²) in [5, 5.41) is 17.3. The second-order valence-corrected chi connectivity index (χ2v) is 7.70. The molecule has 0 amide bonds. The second kappa shape index (κ2) is 8.12. The number of thiophene rings is 1. The van der Waals surface area contributed by atoms with E-state index in [1.54, 1.807) is 0 Å². The van der Waals surface area contributed by atoms with Crippen molar-refractivity contribution in [3.63, 3.8) is 0 Å². The number of aliphatic carboxylic acids is 1. The minimum Gasteiger partial charge on any atom is -0.481 e. The number of sulfonamides is 1. The van der Waals surface area contributed by atoms with E-state index in [1.807, 2.05) is 13.0 Å². The average molecular weight is 330 g/mol. The van der Waals surface area contributed by atoms with Crippen molar-refractivity contribution in [3.05, 3.63) is 17.0 Å². The van der Waals surface area contributed by atoms with Crippen molar-refractivity contribution in [2.45, 2.75) is 36.8 Å². The van der Waals surface area contributed by atoms with Gasteiger partial charge in [0.1, 0.15) is 15.2 Å². The van der Waals surface area contributed by atoms with Crippen LogP contribution in [0.2, 0.25) is 0 Å². The number of nitrogens with one attached hydrogen (secondary N) is 1. The molecule has 0 spiro atoms. The summed E-state index contributed by atoms with van der Waals surface area (Å²) >= 11 is 0.929. The molecule has 1 unspecified atom stereocenters. The molecule has 1 atom stereocenters. The van der Waals surface area contributed by atoms with Gasteiger partial charge in [0.15, 0.2) is 0 Å². The third kappa shape index (κ3) is 5.83. The zero-order valence-electron chi connectivity index (χ0n) is 11.7. The summed E-state index contributed by atoms with van der Waals surface area (Å²) in [4.78, 5) is 10.9. The summed E-state index contributed by atoms with van der Waals surface area (Å²) in [6, 6.07) is 4.78. The van der Waals surface area contributed by atoms with Crippen LogP contribution in [0.5, 0.6) is 0 Å². The SMILES string of the molecule is CCC(CCNS(=O)(=O)c1ccc(C#N)s1)CCC(=O)O. The summed E-state index contributed by atoms with van der Waals surface area (Å²) in [5.41, 5.74) is 0. The van der Waals surface area contributed by atoms with Gasteiger partial charge in [-0.15, -0.1) is 11.3 Å². The van der Waals surface area contributed by atoms with Gasteiger partial charge in [0.05, 0.1) is 0 Å². The molecular weight excluding hydrogens is 312 g/mol. The standard InChI is InChI=1S/C13H18N2O4S2/c1-2-10(3-5-12(16)17)7-8-15-21(18,19)13-6-4-11(9-14)20-13/h4,6,10,15H,2-3,5,7-8H2,1H3,(H,16,17). The summed E-state index contributed by atoms with van der Waals surface area (Å²) in [5.74, 6) is -0.654. The van der Waals surface area contributed by atoms with Gasteiger partial charge in [-0.3, -0.25) is 4.79 Å². The third-order valence-electron chi connectivity index (χ3n) is 3.14. The van der Waals surface area contributed by atoms with E-state index in [0.717, 1.165) is 17.8 Å². The number of nitriles is 1. The van der Waals surface area contributed by atoms with E-state index in [-0.39, 0.29) is 23.1 Å². The number of carbonyl (C=O) groups is 1. The quantitative estimate of drug-likeness (QED) is 0.721. The fourth-order valence-corrected chi connectivity index (χ4v) is 4.07. The minimum atomic E-state index is -3.58. The average Bonchev–Trinajstić information content (AvgIpc) is 2.92. The molecule has 8 heteroatoms. The molecule has 0 fully saturated rings. The van der Waals surface area contributed by atoms with Crippen molar-refractivity contribution in [1.82, 2.24) is 4.72 Å². The van der Waals surface area contributed by atoms with Crippen LogP contribution in [0.3, 0.4) is 0 Å². The maximum atomic E-state index is 12.0. The van der Waals surface area contributed by atoms with Crippen molar-refractivity contribution in [2.24, 2.45) is 5.92 Å². The molecule has 2 N–H and O–H groups in total. The van der Waals surface area contributed by atoms with E-state index >= 15 is 0 Å². The van der Waals surface area contributed by atoms with Crippen LogP contribution in [-0.4, -0.2) is 26.0 Å². The van der Waals surface area contributed by atoms with Gasteiger partial charge in [-0.25, -0.2) is 13.1 Å². The van der Waals surface area contributed by atoms with Gasteiger partial charge in [0.2, 0.25) is 10.0 Å². The predicted molar refractivity (Wildman–Crippen MR) is 79.5 cm³/mol. The molecular formula is C13H18N2O4S2. The Labute approximate surface area is 128 Å². The number of carboxylic acid groups (broad SMARTS) is 1. The van der Waals surface area contributed by atoms with E-state index < -0.39 is 16.0 Å². The highest BCUT2D eigenvalue weighted by Gasteiger charge is 2.17. The van der Waals surface area contributed by atoms with Gasteiger partial charge in [-0.05, 0) is 30.9 Å². The number of hydrogen-bond donors (Lipinski definition) is 2. The molecule has 1 heterocycles. The van der Waals surface area contributed by atoms with E-state index in [9.17, 15) is 13.2 Å². The Morgan fingerprint density at radius 3 is 2.71 bits per heavy atom. The monoisotopic (exact) mass is 330 g/mol. The molecule has 0 aliphatic rings. The number of carboxylic acids is 1. The van der Waals surface area contributed by atoms with Gasteiger partial charge in [-0.2, -0.15) is 5.26 Å². The van der Waals surface area contributed by atoms with Gasteiger partial charge in [0.25, 0.3) is 0 Å². The van der Waals surface area contributed by atoms with Crippen LogP contribution < -0.4 is 4.72 Å². The fraction of sp³-hybridized carbons (Fsp3) is 0.538. The zero-order valence-corrected chi connectivity index (χ0v) is 13.3. The molecule has 1 rings (SSSR count). The summed E-state index contributed by atoms with van der Waals surface area (Å²) in [6.45, 7) is 2.22. The number of hydrogen-bond acceptors (Lipinski definition) is 5. The first-order valence-electron chi connectivity index (χ1n) is 6.60. The Kier molecular flexibility index (Phi) is 6.81. The van der Waals surface area contributed by atoms with Crippen LogP contribution in [0, 0.1) is 17.2 Å². The lowest BCUT2D eigenvalue weighted by molar-refractivity contribution is -0.137. The molecule has 0 radical (unpaired) electrons. The van der Waals surface area contributed by atoms with Gasteiger partial charge < -0.3 is 5.11 Å². The Balaban J connectivity index is 2.49. The Bertz CT molecular complexity index is 616. The summed E-state index contributed by atoms with van der Waals surface area (Å²) < 4.78 is 26.6. The molecule has 0 saturated carbocycles. The Morgan fingerprint density at radius 1 is 1.48 bits per heavy atom. The van der Waals surface area contributed by atoms with Gasteiger partial charge >= 0.3 is 5.97 Å². The third-order valence-corrected chi connectivity index (χ3v) is 6.09. The smallest absolute Gasteiger partial charge is 0.303 e.